The molecular weight excluding hydrogens is 585 g/mol. The minimum absolute atomic E-state index is 0.710. The monoisotopic (exact) mass is 610 g/mol. The maximum absolute atomic E-state index is 5.26. The van der Waals surface area contributed by atoms with Crippen molar-refractivity contribution in [2.24, 2.45) is 0 Å². The minimum Gasteiger partial charge on any atom is -0.307 e. The third-order valence-corrected chi connectivity index (χ3v) is 10.0. The summed E-state index contributed by atoms with van der Waals surface area (Å²) in [6, 6.07) is 56.5. The second-order valence-electron chi connectivity index (χ2n) is 12.6. The first-order valence-corrected chi connectivity index (χ1v) is 16.4. The van der Waals surface area contributed by atoms with Crippen LogP contribution in [0.3, 0.4) is 0 Å². The van der Waals surface area contributed by atoms with Gasteiger partial charge in [-0.1, -0.05) is 121 Å². The molecule has 0 saturated carbocycles. The highest BCUT2D eigenvalue weighted by atomic mass is 15.0. The van der Waals surface area contributed by atoms with E-state index in [0.29, 0.717) is 5.82 Å². The quantitative estimate of drug-likeness (QED) is 0.195. The number of fused-ring (bicyclic) bond motifs is 11. The molecule has 4 nitrogen and oxygen atoms in total. The van der Waals surface area contributed by atoms with Gasteiger partial charge in [-0.05, 0) is 36.4 Å². The second kappa shape index (κ2) is 9.50. The SMILES string of the molecule is c1ccc(-c2nc(-c3ccc4c(c3)n3c5ccccc5c5cccc(c6cccc7c8ccccc8n4c76)c53)nc3ccccc23)cc1. The predicted molar refractivity (Wildman–Crippen MR) is 200 cm³/mol. The van der Waals surface area contributed by atoms with E-state index < -0.39 is 0 Å². The molecule has 0 atom stereocenters. The Balaban J connectivity index is 1.38. The summed E-state index contributed by atoms with van der Waals surface area (Å²) >= 11 is 0. The van der Waals surface area contributed by atoms with Crippen molar-refractivity contribution in [1.82, 2.24) is 18.8 Å². The lowest BCUT2D eigenvalue weighted by Gasteiger charge is -2.13. The zero-order chi connectivity index (χ0) is 31.3. The van der Waals surface area contributed by atoms with Gasteiger partial charge in [0.2, 0.25) is 0 Å². The fourth-order valence-corrected chi connectivity index (χ4v) is 8.02. The van der Waals surface area contributed by atoms with Gasteiger partial charge in [0.15, 0.2) is 5.82 Å². The van der Waals surface area contributed by atoms with Crippen molar-refractivity contribution < 1.29 is 0 Å². The van der Waals surface area contributed by atoms with Crippen LogP contribution in [0.1, 0.15) is 0 Å². The van der Waals surface area contributed by atoms with Gasteiger partial charge in [-0.15, -0.1) is 0 Å². The molecule has 0 amide bonds. The Labute approximate surface area is 274 Å². The summed E-state index contributed by atoms with van der Waals surface area (Å²) in [5.74, 6) is 0.710. The van der Waals surface area contributed by atoms with Crippen molar-refractivity contribution >= 4 is 76.3 Å². The topological polar surface area (TPSA) is 34.6 Å². The van der Waals surface area contributed by atoms with E-state index in [0.717, 1.165) is 38.8 Å². The van der Waals surface area contributed by atoms with E-state index in [4.69, 9.17) is 9.97 Å². The Morgan fingerprint density at radius 1 is 0.333 bits per heavy atom. The smallest absolute Gasteiger partial charge is 0.160 e. The molecule has 7 aromatic carbocycles. The number of nitrogens with zero attached hydrogens (tertiary/aromatic N) is 4. The molecule has 0 unspecified atom stereocenters. The van der Waals surface area contributed by atoms with E-state index >= 15 is 0 Å². The van der Waals surface area contributed by atoms with Crippen molar-refractivity contribution in [1.29, 1.82) is 0 Å². The van der Waals surface area contributed by atoms with Gasteiger partial charge in [0, 0.05) is 48.8 Å². The zero-order valence-corrected chi connectivity index (χ0v) is 25.8. The first-order chi connectivity index (χ1) is 23.8. The molecule has 0 N–H and O–H groups in total. The van der Waals surface area contributed by atoms with Crippen LogP contribution in [-0.2, 0) is 0 Å². The van der Waals surface area contributed by atoms with Crippen molar-refractivity contribution in [2.75, 3.05) is 0 Å². The van der Waals surface area contributed by atoms with Crippen LogP contribution in [0.5, 0.6) is 0 Å². The molecule has 0 aliphatic rings. The standard InChI is InChI=1S/C44H26N4/c1-2-12-27(13-3-1)41-35-16-4-7-21-36(35)45-44(46-41)28-24-25-39-40(26-28)48-38-23-9-6-15-30(38)32-18-11-20-34(43(32)48)33-19-10-17-31-29-14-5-8-22-37(29)47(39)42(31)33/h1-26H. The highest BCUT2D eigenvalue weighted by molar-refractivity contribution is 6.25. The Kier molecular flexibility index (Phi) is 5.08. The number of para-hydroxylation sites is 5. The fraction of sp³-hybridized carbons (Fsp3) is 0. The van der Waals surface area contributed by atoms with Crippen molar-refractivity contribution in [3.05, 3.63) is 158 Å². The van der Waals surface area contributed by atoms with Crippen LogP contribution in [0.4, 0.5) is 0 Å². The van der Waals surface area contributed by atoms with Crippen molar-refractivity contribution in [3.8, 4) is 22.6 Å². The van der Waals surface area contributed by atoms with Crippen LogP contribution in [-0.4, -0.2) is 18.8 Å². The average Bonchev–Trinajstić information content (AvgIpc) is 3.67. The highest BCUT2D eigenvalue weighted by Crippen LogP contribution is 2.41. The molecule has 0 aliphatic heterocycles. The predicted octanol–water partition coefficient (Wildman–Crippen LogP) is 11.2. The molecule has 4 heterocycles. The molecule has 0 fully saturated rings. The Bertz CT molecular complexity index is 3110. The molecule has 0 aliphatic carbocycles. The van der Waals surface area contributed by atoms with Gasteiger partial charge in [0.05, 0.1) is 44.3 Å². The van der Waals surface area contributed by atoms with Crippen LogP contribution in [0.25, 0.3) is 99.0 Å². The molecule has 0 spiro atoms. The summed E-state index contributed by atoms with van der Waals surface area (Å²) in [4.78, 5) is 10.4. The summed E-state index contributed by atoms with van der Waals surface area (Å²) in [7, 11) is 0. The first-order valence-electron chi connectivity index (χ1n) is 16.4. The first kappa shape index (κ1) is 25.6. The van der Waals surface area contributed by atoms with Gasteiger partial charge >= 0.3 is 0 Å². The summed E-state index contributed by atoms with van der Waals surface area (Å²) in [6.45, 7) is 0. The number of hydrogen-bond acceptors (Lipinski definition) is 2. The molecule has 0 radical (unpaired) electrons. The van der Waals surface area contributed by atoms with E-state index in [-0.39, 0.29) is 0 Å². The van der Waals surface area contributed by atoms with E-state index in [1.807, 2.05) is 12.1 Å². The van der Waals surface area contributed by atoms with Crippen LogP contribution < -0.4 is 0 Å². The number of hydrogen-bond donors (Lipinski definition) is 0. The molecule has 4 aromatic heterocycles. The maximum Gasteiger partial charge on any atom is 0.160 e. The lowest BCUT2D eigenvalue weighted by Crippen LogP contribution is -1.98. The van der Waals surface area contributed by atoms with Crippen LogP contribution >= 0.6 is 0 Å². The molecule has 0 bridgehead atoms. The van der Waals surface area contributed by atoms with Crippen LogP contribution in [0, 0.1) is 0 Å². The fourth-order valence-electron chi connectivity index (χ4n) is 8.02. The van der Waals surface area contributed by atoms with Crippen molar-refractivity contribution in [3.63, 3.8) is 0 Å². The van der Waals surface area contributed by atoms with Gasteiger partial charge < -0.3 is 8.80 Å². The minimum atomic E-state index is 0.710. The largest absolute Gasteiger partial charge is 0.307 e. The zero-order valence-electron chi connectivity index (χ0n) is 25.8. The van der Waals surface area contributed by atoms with Gasteiger partial charge in [0.1, 0.15) is 0 Å². The molecule has 0 saturated heterocycles. The molecule has 222 valence electrons. The lowest BCUT2D eigenvalue weighted by molar-refractivity contribution is 1.22. The Morgan fingerprint density at radius 3 is 1.52 bits per heavy atom. The number of rotatable bonds is 2. The van der Waals surface area contributed by atoms with Gasteiger partial charge in [-0.25, -0.2) is 9.97 Å². The van der Waals surface area contributed by atoms with E-state index in [1.165, 1.54) is 54.4 Å². The molecular formula is C44H26N4. The number of benzene rings is 7. The number of aromatic nitrogens is 4. The van der Waals surface area contributed by atoms with E-state index in [2.05, 4.69) is 154 Å². The molecule has 48 heavy (non-hydrogen) atoms. The summed E-state index contributed by atoms with van der Waals surface area (Å²) in [5.41, 5.74) is 10.9. The molecule has 4 heteroatoms. The van der Waals surface area contributed by atoms with Crippen LogP contribution in [0.2, 0.25) is 0 Å². The third-order valence-electron chi connectivity index (χ3n) is 10.0. The van der Waals surface area contributed by atoms with Crippen LogP contribution in [0.15, 0.2) is 158 Å². The van der Waals surface area contributed by atoms with E-state index in [1.54, 1.807) is 0 Å². The van der Waals surface area contributed by atoms with E-state index in [9.17, 15) is 0 Å². The average molecular weight is 611 g/mol. The van der Waals surface area contributed by atoms with Gasteiger partial charge in [-0.2, -0.15) is 0 Å². The summed E-state index contributed by atoms with van der Waals surface area (Å²) < 4.78 is 4.93. The maximum atomic E-state index is 5.26. The molecule has 11 rings (SSSR count). The normalized spacial score (nSPS) is 12.2. The third kappa shape index (κ3) is 3.38. The Hall–Kier alpha value is -6.52. The summed E-state index contributed by atoms with van der Waals surface area (Å²) in [6.07, 6.45) is 0. The Morgan fingerprint density at radius 2 is 0.854 bits per heavy atom. The highest BCUT2D eigenvalue weighted by Gasteiger charge is 2.20. The lowest BCUT2D eigenvalue weighted by atomic mass is 10.0. The van der Waals surface area contributed by atoms with Gasteiger partial charge in [0.25, 0.3) is 0 Å². The summed E-state index contributed by atoms with van der Waals surface area (Å²) in [5, 5.41) is 8.49. The van der Waals surface area contributed by atoms with Gasteiger partial charge in [-0.3, -0.25) is 0 Å². The van der Waals surface area contributed by atoms with Crippen molar-refractivity contribution in [2.45, 2.75) is 0 Å². The molecule has 11 aromatic rings. The second-order valence-corrected chi connectivity index (χ2v) is 12.6.